The van der Waals surface area contributed by atoms with Crippen LogP contribution in [-0.4, -0.2) is 16.3 Å². The third-order valence-corrected chi connectivity index (χ3v) is 5.43. The van der Waals surface area contributed by atoms with E-state index in [1.807, 2.05) is 18.2 Å². The molecule has 0 fully saturated rings. The number of pyridine rings is 1. The molecule has 3 aromatic heterocycles. The second-order valence-corrected chi connectivity index (χ2v) is 7.76. The molecule has 0 aliphatic heterocycles. The van der Waals surface area contributed by atoms with Gasteiger partial charge in [0.15, 0.2) is 24.9 Å². The van der Waals surface area contributed by atoms with Crippen LogP contribution in [0.1, 0.15) is 16.2 Å². The second kappa shape index (κ2) is 9.21. The van der Waals surface area contributed by atoms with E-state index in [2.05, 4.69) is 15.3 Å². The van der Waals surface area contributed by atoms with Crippen molar-refractivity contribution in [2.45, 2.75) is 6.61 Å². The zero-order chi connectivity index (χ0) is 23.5. The molecule has 8 nitrogen and oxygen atoms in total. The fourth-order valence-electron chi connectivity index (χ4n) is 3.44. The number of carbonyl (C=O) groups excluding carboxylic acids is 1. The number of furan rings is 1. The summed E-state index contributed by atoms with van der Waals surface area (Å²) < 4.78 is 12.0. The number of ether oxygens (including phenoxy) is 1. The van der Waals surface area contributed by atoms with Crippen LogP contribution in [0.15, 0.2) is 83.7 Å². The van der Waals surface area contributed by atoms with Crippen molar-refractivity contribution in [3.63, 3.8) is 0 Å². The first-order valence-corrected chi connectivity index (χ1v) is 10.6. The maximum absolute atomic E-state index is 11.8. The Morgan fingerprint density at radius 2 is 2.00 bits per heavy atom. The lowest BCUT2D eigenvalue weighted by Crippen LogP contribution is -2.31. The Labute approximate surface area is 199 Å². The number of aldehydes is 1. The summed E-state index contributed by atoms with van der Waals surface area (Å²) in [4.78, 5) is 19.6. The van der Waals surface area contributed by atoms with Gasteiger partial charge in [-0.3, -0.25) is 4.79 Å². The Bertz CT molecular complexity index is 1500. The van der Waals surface area contributed by atoms with Gasteiger partial charge in [0.25, 0.3) is 0 Å². The third kappa shape index (κ3) is 4.39. The molecule has 5 aromatic rings. The molecular formula is C25H17ClN4O4. The average molecular weight is 473 g/mol. The van der Waals surface area contributed by atoms with Gasteiger partial charge in [-0.05, 0) is 54.6 Å². The van der Waals surface area contributed by atoms with Gasteiger partial charge in [-0.2, -0.15) is 4.73 Å². The summed E-state index contributed by atoms with van der Waals surface area (Å²) in [6, 6.07) is 19.3. The lowest BCUT2D eigenvalue weighted by Gasteiger charge is -2.12. The monoisotopic (exact) mass is 472 g/mol. The smallest absolute Gasteiger partial charge is 0.230 e. The number of hydrogen-bond donors (Lipinski definition) is 1. The molecular weight excluding hydrogens is 456 g/mol. The highest BCUT2D eigenvalue weighted by Gasteiger charge is 2.12. The van der Waals surface area contributed by atoms with Gasteiger partial charge < -0.3 is 19.7 Å². The summed E-state index contributed by atoms with van der Waals surface area (Å²) in [5.41, 5.74) is 2.70. The van der Waals surface area contributed by atoms with E-state index in [0.717, 1.165) is 21.2 Å². The second-order valence-electron chi connectivity index (χ2n) is 7.35. The van der Waals surface area contributed by atoms with E-state index >= 15 is 0 Å². The molecule has 2 aromatic carbocycles. The van der Waals surface area contributed by atoms with Gasteiger partial charge in [-0.15, -0.1) is 0 Å². The van der Waals surface area contributed by atoms with Gasteiger partial charge >= 0.3 is 0 Å². The van der Waals surface area contributed by atoms with Crippen molar-refractivity contribution < 1.29 is 18.7 Å². The molecule has 1 N–H and O–H groups in total. The molecule has 0 aliphatic carbocycles. The Balaban J connectivity index is 1.39. The van der Waals surface area contributed by atoms with Crippen molar-refractivity contribution in [2.24, 2.45) is 0 Å². The summed E-state index contributed by atoms with van der Waals surface area (Å²) in [6.45, 7) is 0.0920. The number of nitrogens with one attached hydrogen (secondary N) is 1. The van der Waals surface area contributed by atoms with Gasteiger partial charge in [0.1, 0.15) is 23.7 Å². The largest absolute Gasteiger partial charge is 0.618 e. The van der Waals surface area contributed by atoms with Gasteiger partial charge in [-0.25, -0.2) is 9.97 Å². The lowest BCUT2D eigenvalue weighted by atomic mass is 10.1. The van der Waals surface area contributed by atoms with Crippen LogP contribution in [0.4, 0.5) is 11.5 Å². The number of aromatic nitrogens is 3. The Morgan fingerprint density at radius 3 is 2.79 bits per heavy atom. The maximum atomic E-state index is 11.8. The molecule has 168 valence electrons. The van der Waals surface area contributed by atoms with Crippen molar-refractivity contribution in [1.29, 1.82) is 0 Å². The average Bonchev–Trinajstić information content (AvgIpc) is 3.34. The van der Waals surface area contributed by atoms with Crippen LogP contribution >= 0.6 is 11.6 Å². The highest BCUT2D eigenvalue weighted by Crippen LogP contribution is 2.32. The van der Waals surface area contributed by atoms with Crippen molar-refractivity contribution in [1.82, 2.24) is 9.97 Å². The summed E-state index contributed by atoms with van der Waals surface area (Å²) in [5, 5.41) is 16.2. The standard InChI is InChI=1S/C25H17ClN4O4/c26-21-12-17(5-8-24(21)33-14-18-3-1-2-10-30(18)32)29-25-20-11-16(4-7-22(20)27-15-28-25)23-9-6-19(13-31)34-23/h1-13,15H,14H2,(H,27,28,29). The molecule has 0 aliphatic rings. The van der Waals surface area contributed by atoms with E-state index in [1.165, 1.54) is 12.5 Å². The van der Waals surface area contributed by atoms with Crippen molar-refractivity contribution in [3.8, 4) is 17.1 Å². The molecule has 0 bridgehead atoms. The number of halogens is 1. The Hall–Kier alpha value is -4.43. The molecule has 0 atom stereocenters. The summed E-state index contributed by atoms with van der Waals surface area (Å²) in [5.74, 6) is 1.86. The van der Waals surface area contributed by atoms with Gasteiger partial charge in [0.2, 0.25) is 5.69 Å². The van der Waals surface area contributed by atoms with Crippen LogP contribution in [0.25, 0.3) is 22.2 Å². The first kappa shape index (κ1) is 21.4. The minimum Gasteiger partial charge on any atom is -0.618 e. The number of nitrogens with zero attached hydrogens (tertiary/aromatic N) is 3. The van der Waals surface area contributed by atoms with Crippen LogP contribution in [-0.2, 0) is 6.61 Å². The molecule has 0 spiro atoms. The normalized spacial score (nSPS) is 10.9. The first-order valence-electron chi connectivity index (χ1n) is 10.3. The molecule has 0 amide bonds. The lowest BCUT2D eigenvalue weighted by molar-refractivity contribution is -0.616. The highest BCUT2D eigenvalue weighted by molar-refractivity contribution is 6.32. The van der Waals surface area contributed by atoms with E-state index in [-0.39, 0.29) is 12.4 Å². The summed E-state index contributed by atoms with van der Waals surface area (Å²) in [7, 11) is 0. The van der Waals surface area contributed by atoms with Gasteiger partial charge in [-0.1, -0.05) is 11.6 Å². The first-order chi connectivity index (χ1) is 16.6. The van der Waals surface area contributed by atoms with E-state index in [1.54, 1.807) is 48.5 Å². The van der Waals surface area contributed by atoms with Crippen LogP contribution in [0.5, 0.6) is 5.75 Å². The molecule has 3 heterocycles. The predicted molar refractivity (Wildman–Crippen MR) is 127 cm³/mol. The van der Waals surface area contributed by atoms with E-state index < -0.39 is 0 Å². The number of carbonyl (C=O) groups is 1. The minimum absolute atomic E-state index is 0.0920. The van der Waals surface area contributed by atoms with E-state index in [4.69, 9.17) is 20.8 Å². The SMILES string of the molecule is O=Cc1ccc(-c2ccc3ncnc(Nc4ccc(OCc5cccc[n+]5[O-])c(Cl)c4)c3c2)o1. The fraction of sp³-hybridized carbons (Fsp3) is 0.0400. The summed E-state index contributed by atoms with van der Waals surface area (Å²) >= 11 is 6.42. The zero-order valence-corrected chi connectivity index (χ0v) is 18.4. The molecule has 0 radical (unpaired) electrons. The molecule has 34 heavy (non-hydrogen) atoms. The predicted octanol–water partition coefficient (Wildman–Crippen LogP) is 5.31. The van der Waals surface area contributed by atoms with Crippen molar-refractivity contribution >= 4 is 40.3 Å². The molecule has 0 saturated carbocycles. The van der Waals surface area contributed by atoms with E-state index in [9.17, 15) is 10.0 Å². The van der Waals surface area contributed by atoms with Crippen LogP contribution in [0, 0.1) is 5.21 Å². The van der Waals surface area contributed by atoms with Crippen molar-refractivity contribution in [3.05, 3.63) is 101 Å². The molecule has 5 rings (SSSR count). The van der Waals surface area contributed by atoms with Gasteiger partial charge in [0, 0.05) is 28.8 Å². The number of fused-ring (bicyclic) bond motifs is 1. The minimum atomic E-state index is 0.0920. The Kier molecular flexibility index (Phi) is 5.80. The number of rotatable bonds is 7. The fourth-order valence-corrected chi connectivity index (χ4v) is 3.68. The molecule has 0 saturated heterocycles. The summed E-state index contributed by atoms with van der Waals surface area (Å²) in [6.07, 6.45) is 3.55. The topological polar surface area (TPSA) is 104 Å². The van der Waals surface area contributed by atoms with Crippen molar-refractivity contribution in [2.75, 3.05) is 5.32 Å². The molecule has 9 heteroatoms. The quantitative estimate of drug-likeness (QED) is 0.194. The van der Waals surface area contributed by atoms with Crippen LogP contribution in [0.3, 0.4) is 0 Å². The maximum Gasteiger partial charge on any atom is 0.230 e. The third-order valence-electron chi connectivity index (χ3n) is 5.14. The van der Waals surface area contributed by atoms with E-state index in [0.29, 0.717) is 40.0 Å². The number of hydrogen-bond acceptors (Lipinski definition) is 7. The molecule has 0 unspecified atom stereocenters. The van der Waals surface area contributed by atoms with Crippen LogP contribution < -0.4 is 14.8 Å². The van der Waals surface area contributed by atoms with Crippen LogP contribution in [0.2, 0.25) is 5.02 Å². The number of benzene rings is 2. The number of anilines is 2. The Morgan fingerprint density at radius 1 is 1.09 bits per heavy atom. The van der Waals surface area contributed by atoms with Gasteiger partial charge in [0.05, 0.1) is 10.5 Å². The zero-order valence-electron chi connectivity index (χ0n) is 17.6. The highest BCUT2D eigenvalue weighted by atomic mass is 35.5.